The molecule has 1 unspecified atom stereocenters. The number of rotatable bonds is 2. The molecule has 1 aliphatic rings. The molecule has 0 spiro atoms. The van der Waals surface area contributed by atoms with Gasteiger partial charge in [0.15, 0.2) is 0 Å². The lowest BCUT2D eigenvalue weighted by atomic mass is 9.87. The normalized spacial score (nSPS) is 19.4. The second kappa shape index (κ2) is 5.06. The van der Waals surface area contributed by atoms with E-state index < -0.39 is 0 Å². The number of aromatic nitrogens is 2. The van der Waals surface area contributed by atoms with Crippen LogP contribution in [0.15, 0.2) is 36.8 Å². The Kier molecular flexibility index (Phi) is 3.38. The average molecular weight is 269 g/mol. The van der Waals surface area contributed by atoms with Crippen molar-refractivity contribution in [2.24, 2.45) is 0 Å². The first-order valence-corrected chi connectivity index (χ1v) is 7.42. The number of imidazole rings is 1. The lowest BCUT2D eigenvalue weighted by Gasteiger charge is -2.20. The predicted octanol–water partition coefficient (Wildman–Crippen LogP) is 3.59. The minimum atomic E-state index is 0.198. The third-order valence-corrected chi connectivity index (χ3v) is 4.10. The SMILES string of the molecule is CC(C)(C)c1ccc(-n2cncc2C2CCCN2)cc1. The van der Waals surface area contributed by atoms with E-state index in [2.05, 4.69) is 59.9 Å². The molecule has 2 aromatic rings. The van der Waals surface area contributed by atoms with E-state index >= 15 is 0 Å². The van der Waals surface area contributed by atoms with E-state index in [1.165, 1.54) is 29.8 Å². The second-order valence-electron chi connectivity index (χ2n) is 6.63. The van der Waals surface area contributed by atoms with Crippen LogP contribution in [-0.2, 0) is 5.41 Å². The maximum atomic E-state index is 4.34. The van der Waals surface area contributed by atoms with Crippen molar-refractivity contribution < 1.29 is 0 Å². The quantitative estimate of drug-likeness (QED) is 0.903. The van der Waals surface area contributed by atoms with Gasteiger partial charge in [0.05, 0.1) is 18.2 Å². The molecule has 3 heteroatoms. The maximum absolute atomic E-state index is 4.34. The van der Waals surface area contributed by atoms with Gasteiger partial charge in [-0.25, -0.2) is 4.98 Å². The van der Waals surface area contributed by atoms with Crippen LogP contribution in [0.3, 0.4) is 0 Å². The summed E-state index contributed by atoms with van der Waals surface area (Å²) in [6.45, 7) is 7.84. The zero-order chi connectivity index (χ0) is 14.2. The summed E-state index contributed by atoms with van der Waals surface area (Å²) in [5.41, 5.74) is 4.02. The Morgan fingerprint density at radius 1 is 1.20 bits per heavy atom. The summed E-state index contributed by atoms with van der Waals surface area (Å²) in [5, 5.41) is 3.54. The molecule has 1 saturated heterocycles. The first kappa shape index (κ1) is 13.4. The molecule has 3 rings (SSSR count). The minimum absolute atomic E-state index is 0.198. The van der Waals surface area contributed by atoms with Crippen LogP contribution >= 0.6 is 0 Å². The number of nitrogens with zero attached hydrogens (tertiary/aromatic N) is 2. The minimum Gasteiger partial charge on any atom is -0.309 e. The smallest absolute Gasteiger partial charge is 0.0994 e. The summed E-state index contributed by atoms with van der Waals surface area (Å²) in [4.78, 5) is 4.34. The third kappa shape index (κ3) is 2.50. The third-order valence-electron chi connectivity index (χ3n) is 4.10. The molecule has 1 fully saturated rings. The zero-order valence-electron chi connectivity index (χ0n) is 12.6. The van der Waals surface area contributed by atoms with Crippen molar-refractivity contribution in [2.45, 2.75) is 45.1 Å². The Labute approximate surface area is 121 Å². The first-order chi connectivity index (χ1) is 9.55. The van der Waals surface area contributed by atoms with E-state index in [9.17, 15) is 0 Å². The van der Waals surface area contributed by atoms with Crippen LogP contribution < -0.4 is 5.32 Å². The van der Waals surface area contributed by atoms with Crippen molar-refractivity contribution in [3.63, 3.8) is 0 Å². The lowest BCUT2D eigenvalue weighted by molar-refractivity contribution is 0.589. The molecular formula is C17H23N3. The van der Waals surface area contributed by atoms with Gasteiger partial charge in [0.1, 0.15) is 0 Å². The molecule has 3 nitrogen and oxygen atoms in total. The fourth-order valence-corrected chi connectivity index (χ4v) is 2.84. The Balaban J connectivity index is 1.92. The van der Waals surface area contributed by atoms with Crippen molar-refractivity contribution in [3.8, 4) is 5.69 Å². The van der Waals surface area contributed by atoms with E-state index in [0.717, 1.165) is 6.54 Å². The summed E-state index contributed by atoms with van der Waals surface area (Å²) >= 11 is 0. The summed E-state index contributed by atoms with van der Waals surface area (Å²) in [6, 6.07) is 9.28. The van der Waals surface area contributed by atoms with Gasteiger partial charge < -0.3 is 9.88 Å². The highest BCUT2D eigenvalue weighted by Crippen LogP contribution is 2.27. The van der Waals surface area contributed by atoms with E-state index in [-0.39, 0.29) is 5.41 Å². The van der Waals surface area contributed by atoms with Gasteiger partial charge in [-0.05, 0) is 42.5 Å². The van der Waals surface area contributed by atoms with Crippen LogP contribution in [0.1, 0.15) is 50.9 Å². The van der Waals surface area contributed by atoms with E-state index in [4.69, 9.17) is 0 Å². The monoisotopic (exact) mass is 269 g/mol. The summed E-state index contributed by atoms with van der Waals surface area (Å²) in [7, 11) is 0. The molecule has 1 atom stereocenters. The van der Waals surface area contributed by atoms with Crippen LogP contribution in [0.5, 0.6) is 0 Å². The second-order valence-corrected chi connectivity index (χ2v) is 6.63. The van der Waals surface area contributed by atoms with Crippen molar-refractivity contribution >= 4 is 0 Å². The van der Waals surface area contributed by atoms with Crippen LogP contribution in [-0.4, -0.2) is 16.1 Å². The molecule has 1 aromatic carbocycles. The van der Waals surface area contributed by atoms with Crippen LogP contribution in [0, 0.1) is 0 Å². The van der Waals surface area contributed by atoms with Crippen LogP contribution in [0.25, 0.3) is 5.69 Å². The topological polar surface area (TPSA) is 29.9 Å². The average Bonchev–Trinajstić information content (AvgIpc) is 3.08. The molecule has 20 heavy (non-hydrogen) atoms. The van der Waals surface area contributed by atoms with Crippen molar-refractivity contribution in [2.75, 3.05) is 6.54 Å². The summed E-state index contributed by atoms with van der Waals surface area (Å²) in [5.74, 6) is 0. The van der Waals surface area contributed by atoms with Gasteiger partial charge in [-0.2, -0.15) is 0 Å². The maximum Gasteiger partial charge on any atom is 0.0994 e. The summed E-state index contributed by atoms with van der Waals surface area (Å²) < 4.78 is 2.20. The van der Waals surface area contributed by atoms with Crippen molar-refractivity contribution in [1.29, 1.82) is 0 Å². The Hall–Kier alpha value is -1.61. The highest BCUT2D eigenvalue weighted by atomic mass is 15.1. The van der Waals surface area contributed by atoms with Gasteiger partial charge in [-0.3, -0.25) is 0 Å². The first-order valence-electron chi connectivity index (χ1n) is 7.42. The molecule has 106 valence electrons. The van der Waals surface area contributed by atoms with Gasteiger partial charge in [-0.1, -0.05) is 32.9 Å². The van der Waals surface area contributed by atoms with Crippen LogP contribution in [0.2, 0.25) is 0 Å². The molecule has 1 aliphatic heterocycles. The van der Waals surface area contributed by atoms with Crippen molar-refractivity contribution in [3.05, 3.63) is 48.0 Å². The molecule has 1 N–H and O–H groups in total. The molecule has 0 saturated carbocycles. The number of benzene rings is 1. The number of hydrogen-bond donors (Lipinski definition) is 1. The Morgan fingerprint density at radius 2 is 1.95 bits per heavy atom. The summed E-state index contributed by atoms with van der Waals surface area (Å²) in [6.07, 6.45) is 6.35. The van der Waals surface area contributed by atoms with Gasteiger partial charge in [0.25, 0.3) is 0 Å². The van der Waals surface area contributed by atoms with Gasteiger partial charge in [-0.15, -0.1) is 0 Å². The zero-order valence-corrected chi connectivity index (χ0v) is 12.6. The van der Waals surface area contributed by atoms with E-state index in [1.807, 2.05) is 12.5 Å². The molecule has 0 amide bonds. The Bertz CT molecular complexity index is 569. The highest BCUT2D eigenvalue weighted by Gasteiger charge is 2.20. The molecule has 1 aromatic heterocycles. The van der Waals surface area contributed by atoms with Gasteiger partial charge in [0.2, 0.25) is 0 Å². The number of nitrogens with one attached hydrogen (secondary N) is 1. The predicted molar refractivity (Wildman–Crippen MR) is 82.2 cm³/mol. The Morgan fingerprint density at radius 3 is 2.55 bits per heavy atom. The van der Waals surface area contributed by atoms with E-state index in [1.54, 1.807) is 0 Å². The molecule has 2 heterocycles. The molecule has 0 bridgehead atoms. The molecule has 0 radical (unpaired) electrons. The number of hydrogen-bond acceptors (Lipinski definition) is 2. The molecule has 0 aliphatic carbocycles. The van der Waals surface area contributed by atoms with Crippen molar-refractivity contribution in [1.82, 2.24) is 14.9 Å². The largest absolute Gasteiger partial charge is 0.309 e. The highest BCUT2D eigenvalue weighted by molar-refractivity contribution is 5.38. The van der Waals surface area contributed by atoms with Gasteiger partial charge in [0, 0.05) is 11.7 Å². The molecular weight excluding hydrogens is 246 g/mol. The standard InChI is InChI=1S/C17H23N3/c1-17(2,3)13-6-8-14(9-7-13)20-12-18-11-16(20)15-5-4-10-19-15/h6-9,11-12,15,19H,4-5,10H2,1-3H3. The fraction of sp³-hybridized carbons (Fsp3) is 0.471. The fourth-order valence-electron chi connectivity index (χ4n) is 2.84. The van der Waals surface area contributed by atoms with Gasteiger partial charge >= 0.3 is 0 Å². The lowest BCUT2D eigenvalue weighted by Crippen LogP contribution is -2.16. The van der Waals surface area contributed by atoms with E-state index in [0.29, 0.717) is 6.04 Å². The van der Waals surface area contributed by atoms with Crippen LogP contribution in [0.4, 0.5) is 0 Å².